The van der Waals surface area contributed by atoms with E-state index in [4.69, 9.17) is 20.2 Å². The van der Waals surface area contributed by atoms with E-state index < -0.39 is 5.60 Å². The van der Waals surface area contributed by atoms with Gasteiger partial charge in [-0.1, -0.05) is 18.2 Å². The summed E-state index contributed by atoms with van der Waals surface area (Å²) in [6.07, 6.45) is 4.11. The van der Waals surface area contributed by atoms with E-state index in [2.05, 4.69) is 15.3 Å². The number of ether oxygens (including phenoxy) is 2. The molecule has 9 nitrogen and oxygen atoms in total. The maximum atomic E-state index is 12.2. The van der Waals surface area contributed by atoms with E-state index in [0.29, 0.717) is 19.8 Å². The van der Waals surface area contributed by atoms with E-state index in [-0.39, 0.29) is 12.4 Å². The third-order valence-corrected chi connectivity index (χ3v) is 5.64. The van der Waals surface area contributed by atoms with Gasteiger partial charge in [-0.25, -0.2) is 4.98 Å². The highest BCUT2D eigenvalue weighted by Crippen LogP contribution is 2.28. The highest BCUT2D eigenvalue weighted by molar-refractivity contribution is 5.88. The highest BCUT2D eigenvalue weighted by Gasteiger charge is 2.19. The van der Waals surface area contributed by atoms with Crippen LogP contribution in [0.3, 0.4) is 0 Å². The topological polar surface area (TPSA) is 107 Å². The lowest BCUT2D eigenvalue weighted by Crippen LogP contribution is -2.37. The summed E-state index contributed by atoms with van der Waals surface area (Å²) < 4.78 is 12.7. The van der Waals surface area contributed by atoms with Gasteiger partial charge in [0.1, 0.15) is 17.2 Å². The van der Waals surface area contributed by atoms with Crippen LogP contribution in [0.1, 0.15) is 45.2 Å². The summed E-state index contributed by atoms with van der Waals surface area (Å²) in [6, 6.07) is 9.73. The molecule has 4 rings (SSSR count). The molecule has 1 aliphatic heterocycles. The quantitative estimate of drug-likeness (QED) is 0.390. The van der Waals surface area contributed by atoms with Gasteiger partial charge in [0, 0.05) is 37.0 Å². The SMILES string of the molecule is CC(=Cc1ccccc1N)c1cnn2c(NCCC(=O)OC(C)(C)C)cc(N3CCOCC3)nc12. The van der Waals surface area contributed by atoms with Crippen LogP contribution in [0.5, 0.6) is 0 Å². The summed E-state index contributed by atoms with van der Waals surface area (Å²) in [4.78, 5) is 19.3. The molecular formula is C26H34N6O3. The number of benzene rings is 1. The van der Waals surface area contributed by atoms with Crippen molar-refractivity contribution in [3.8, 4) is 0 Å². The third-order valence-electron chi connectivity index (χ3n) is 5.64. The number of nitrogen functional groups attached to an aromatic ring is 1. The number of fused-ring (bicyclic) bond motifs is 1. The van der Waals surface area contributed by atoms with Crippen LogP contribution in [0.2, 0.25) is 0 Å². The molecule has 3 heterocycles. The first kappa shape index (κ1) is 24.5. The number of carbonyl (C=O) groups is 1. The summed E-state index contributed by atoms with van der Waals surface area (Å²) in [6.45, 7) is 10.9. The van der Waals surface area contributed by atoms with Crippen molar-refractivity contribution < 1.29 is 14.3 Å². The maximum absolute atomic E-state index is 12.2. The number of aromatic nitrogens is 3. The summed E-state index contributed by atoms with van der Waals surface area (Å²) >= 11 is 0. The first-order chi connectivity index (χ1) is 16.7. The molecule has 1 aromatic carbocycles. The standard InChI is InChI=1S/C26H34N6O3/c1-18(15-19-7-5-6-8-21(19)27)20-17-29-32-22(28-10-9-24(33)35-26(2,3)4)16-23(30-25(20)32)31-11-13-34-14-12-31/h5-8,15-17,28H,9-14,27H2,1-4H3. The van der Waals surface area contributed by atoms with Crippen molar-refractivity contribution in [2.45, 2.75) is 39.7 Å². The number of anilines is 3. The summed E-state index contributed by atoms with van der Waals surface area (Å²) in [5, 5.41) is 7.96. The molecule has 0 spiro atoms. The van der Waals surface area contributed by atoms with E-state index in [1.165, 1.54) is 0 Å². The van der Waals surface area contributed by atoms with Crippen molar-refractivity contribution in [1.82, 2.24) is 14.6 Å². The van der Waals surface area contributed by atoms with Crippen LogP contribution in [-0.4, -0.2) is 59.0 Å². The summed E-state index contributed by atoms with van der Waals surface area (Å²) in [5.41, 5.74) is 9.96. The van der Waals surface area contributed by atoms with Crippen molar-refractivity contribution in [3.05, 3.63) is 47.7 Å². The van der Waals surface area contributed by atoms with Crippen molar-refractivity contribution in [3.63, 3.8) is 0 Å². The largest absolute Gasteiger partial charge is 0.460 e. The fraction of sp³-hybridized carbons (Fsp3) is 0.423. The number of nitrogens with one attached hydrogen (secondary N) is 1. The van der Waals surface area contributed by atoms with Gasteiger partial charge in [-0.2, -0.15) is 9.61 Å². The van der Waals surface area contributed by atoms with Crippen molar-refractivity contribution in [2.24, 2.45) is 0 Å². The number of morpholine rings is 1. The number of hydrogen-bond acceptors (Lipinski definition) is 8. The van der Waals surface area contributed by atoms with E-state index >= 15 is 0 Å². The Morgan fingerprint density at radius 2 is 2.00 bits per heavy atom. The second-order valence-electron chi connectivity index (χ2n) is 9.61. The van der Waals surface area contributed by atoms with Crippen LogP contribution < -0.4 is 16.0 Å². The van der Waals surface area contributed by atoms with Crippen LogP contribution in [0.15, 0.2) is 36.5 Å². The Morgan fingerprint density at radius 3 is 2.71 bits per heavy atom. The minimum absolute atomic E-state index is 0.244. The summed E-state index contributed by atoms with van der Waals surface area (Å²) in [5.74, 6) is 1.36. The predicted molar refractivity (Wildman–Crippen MR) is 139 cm³/mol. The molecule has 2 aromatic heterocycles. The van der Waals surface area contributed by atoms with Crippen molar-refractivity contribution >= 4 is 40.6 Å². The minimum Gasteiger partial charge on any atom is -0.460 e. The molecule has 0 unspecified atom stereocenters. The van der Waals surface area contributed by atoms with Crippen LogP contribution in [0.4, 0.5) is 17.3 Å². The zero-order valence-corrected chi connectivity index (χ0v) is 20.9. The van der Waals surface area contributed by atoms with E-state index in [1.54, 1.807) is 4.52 Å². The lowest BCUT2D eigenvalue weighted by molar-refractivity contribution is -0.154. The minimum atomic E-state index is -0.507. The number of hydrogen-bond donors (Lipinski definition) is 2. The van der Waals surface area contributed by atoms with Gasteiger partial charge in [0.2, 0.25) is 0 Å². The molecule has 186 valence electrons. The molecule has 3 N–H and O–H groups in total. The molecule has 1 fully saturated rings. The molecule has 0 radical (unpaired) electrons. The number of allylic oxidation sites excluding steroid dienone is 1. The van der Waals surface area contributed by atoms with E-state index in [9.17, 15) is 4.79 Å². The number of rotatable bonds is 7. The fourth-order valence-electron chi connectivity index (χ4n) is 3.95. The normalized spacial score (nSPS) is 14.9. The van der Waals surface area contributed by atoms with Gasteiger partial charge in [0.05, 0.1) is 25.8 Å². The van der Waals surface area contributed by atoms with Gasteiger partial charge >= 0.3 is 5.97 Å². The van der Waals surface area contributed by atoms with Gasteiger partial charge in [-0.05, 0) is 51.0 Å². The molecule has 35 heavy (non-hydrogen) atoms. The average Bonchev–Trinajstić information content (AvgIpc) is 3.24. The van der Waals surface area contributed by atoms with Crippen LogP contribution in [0, 0.1) is 0 Å². The number of esters is 1. The van der Waals surface area contributed by atoms with Gasteiger partial charge in [0.15, 0.2) is 5.65 Å². The second kappa shape index (κ2) is 10.4. The molecule has 1 aliphatic rings. The molecule has 0 bridgehead atoms. The van der Waals surface area contributed by atoms with E-state index in [0.717, 1.165) is 52.8 Å². The molecular weight excluding hydrogens is 444 g/mol. The molecule has 9 heteroatoms. The average molecular weight is 479 g/mol. The predicted octanol–water partition coefficient (Wildman–Crippen LogP) is 3.85. The molecule has 0 saturated carbocycles. The maximum Gasteiger partial charge on any atom is 0.308 e. The monoisotopic (exact) mass is 478 g/mol. The number of para-hydroxylation sites is 1. The number of nitrogens with two attached hydrogens (primary N) is 1. The number of nitrogens with zero attached hydrogens (tertiary/aromatic N) is 4. The zero-order chi connectivity index (χ0) is 25.0. The Hall–Kier alpha value is -3.59. The van der Waals surface area contributed by atoms with Crippen molar-refractivity contribution in [2.75, 3.05) is 48.8 Å². The Kier molecular flexibility index (Phi) is 7.25. The molecule has 0 aliphatic carbocycles. The Morgan fingerprint density at radius 1 is 1.26 bits per heavy atom. The molecule has 1 saturated heterocycles. The van der Waals surface area contributed by atoms with E-state index in [1.807, 2.05) is 70.3 Å². The van der Waals surface area contributed by atoms with Gasteiger partial charge < -0.3 is 25.4 Å². The van der Waals surface area contributed by atoms with Crippen LogP contribution in [-0.2, 0) is 14.3 Å². The van der Waals surface area contributed by atoms with Crippen LogP contribution in [0.25, 0.3) is 17.3 Å². The van der Waals surface area contributed by atoms with Gasteiger partial charge in [-0.3, -0.25) is 4.79 Å². The van der Waals surface area contributed by atoms with Crippen molar-refractivity contribution in [1.29, 1.82) is 0 Å². The smallest absolute Gasteiger partial charge is 0.308 e. The third kappa shape index (κ3) is 6.10. The Balaban J connectivity index is 1.66. The highest BCUT2D eigenvalue weighted by atomic mass is 16.6. The molecule has 0 atom stereocenters. The Bertz CT molecular complexity index is 1220. The van der Waals surface area contributed by atoms with Gasteiger partial charge in [0.25, 0.3) is 0 Å². The lowest BCUT2D eigenvalue weighted by Gasteiger charge is -2.28. The Labute approximate surface area is 205 Å². The summed E-state index contributed by atoms with van der Waals surface area (Å²) in [7, 11) is 0. The first-order valence-corrected chi connectivity index (χ1v) is 11.9. The number of carbonyl (C=O) groups excluding carboxylic acids is 1. The second-order valence-corrected chi connectivity index (χ2v) is 9.61. The zero-order valence-electron chi connectivity index (χ0n) is 20.9. The fourth-order valence-corrected chi connectivity index (χ4v) is 3.95. The molecule has 3 aromatic rings. The van der Waals surface area contributed by atoms with Crippen LogP contribution >= 0.6 is 0 Å². The lowest BCUT2D eigenvalue weighted by atomic mass is 10.1. The first-order valence-electron chi connectivity index (χ1n) is 11.9. The van der Waals surface area contributed by atoms with Gasteiger partial charge in [-0.15, -0.1) is 0 Å². The molecule has 0 amide bonds.